The van der Waals surface area contributed by atoms with E-state index in [2.05, 4.69) is 113 Å². The lowest BCUT2D eigenvalue weighted by Gasteiger charge is -2.28. The van der Waals surface area contributed by atoms with Crippen molar-refractivity contribution in [2.45, 2.75) is 6.29 Å². The summed E-state index contributed by atoms with van der Waals surface area (Å²) in [4.78, 5) is 5.41. The van der Waals surface area contributed by atoms with Crippen molar-refractivity contribution < 1.29 is 4.42 Å². The van der Waals surface area contributed by atoms with Crippen LogP contribution < -0.4 is 5.32 Å². The minimum atomic E-state index is -0.409. The van der Waals surface area contributed by atoms with Crippen molar-refractivity contribution in [3.8, 4) is 17.2 Å². The van der Waals surface area contributed by atoms with Crippen LogP contribution in [0.25, 0.3) is 54.9 Å². The summed E-state index contributed by atoms with van der Waals surface area (Å²) in [5.74, 6) is 0. The first-order valence-electron chi connectivity index (χ1n) is 14.6. The molecule has 2 aromatic heterocycles. The van der Waals surface area contributed by atoms with Gasteiger partial charge in [-0.25, -0.2) is 4.99 Å². The van der Waals surface area contributed by atoms with E-state index in [-0.39, 0.29) is 0 Å². The molecule has 0 spiro atoms. The Balaban J connectivity index is 1.26. The molecule has 1 unspecified atom stereocenters. The van der Waals surface area contributed by atoms with Gasteiger partial charge in [-0.2, -0.15) is 5.26 Å². The lowest BCUT2D eigenvalue weighted by molar-refractivity contribution is 0.617. The molecule has 0 fully saturated rings. The zero-order chi connectivity index (χ0) is 29.2. The quantitative estimate of drug-likeness (QED) is 0.232. The SMILES string of the molecule is N#Cc1cccc(-c2ccc(C3=NC(n4c5ccccc5c5ccc6c7ccccc7oc6c54)Nc4ccccc43)cc2)c1. The number of nitrogens with zero attached hydrogens (tertiary/aromatic N) is 3. The zero-order valence-electron chi connectivity index (χ0n) is 23.5. The highest BCUT2D eigenvalue weighted by Crippen LogP contribution is 2.42. The highest BCUT2D eigenvalue weighted by Gasteiger charge is 2.27. The number of rotatable bonds is 3. The topological polar surface area (TPSA) is 66.2 Å². The molecule has 1 aliphatic heterocycles. The molecule has 0 radical (unpaired) electrons. The van der Waals surface area contributed by atoms with Gasteiger partial charge in [-0.3, -0.25) is 4.57 Å². The van der Waals surface area contributed by atoms with Crippen LogP contribution in [0.15, 0.2) is 143 Å². The molecule has 8 aromatic rings. The lowest BCUT2D eigenvalue weighted by atomic mass is 9.96. The maximum Gasteiger partial charge on any atom is 0.201 e. The Hall–Kier alpha value is -6.12. The lowest BCUT2D eigenvalue weighted by Crippen LogP contribution is -2.24. The monoisotopic (exact) mass is 564 g/mol. The van der Waals surface area contributed by atoms with Gasteiger partial charge in [0.1, 0.15) is 5.58 Å². The van der Waals surface area contributed by atoms with Gasteiger partial charge < -0.3 is 9.73 Å². The van der Waals surface area contributed by atoms with Gasteiger partial charge in [-0.15, -0.1) is 0 Å². The largest absolute Gasteiger partial charge is 0.454 e. The fourth-order valence-electron chi connectivity index (χ4n) is 6.64. The molecule has 1 N–H and O–H groups in total. The van der Waals surface area contributed by atoms with Crippen LogP contribution in [0, 0.1) is 11.3 Å². The minimum absolute atomic E-state index is 0.409. The molecule has 0 amide bonds. The van der Waals surface area contributed by atoms with Crippen LogP contribution >= 0.6 is 0 Å². The molecule has 0 aliphatic carbocycles. The highest BCUT2D eigenvalue weighted by atomic mass is 16.3. The molecule has 0 saturated carbocycles. The molecular weight excluding hydrogens is 540 g/mol. The fourth-order valence-corrected chi connectivity index (χ4v) is 6.64. The Kier molecular flexibility index (Phi) is 5.26. The van der Waals surface area contributed by atoms with Crippen molar-refractivity contribution in [2.75, 3.05) is 5.32 Å². The zero-order valence-corrected chi connectivity index (χ0v) is 23.5. The van der Waals surface area contributed by atoms with E-state index in [9.17, 15) is 5.26 Å². The first-order chi connectivity index (χ1) is 21.8. The molecule has 1 aliphatic rings. The number of para-hydroxylation sites is 3. The predicted octanol–water partition coefficient (Wildman–Crippen LogP) is 9.65. The van der Waals surface area contributed by atoms with Crippen molar-refractivity contribution in [1.82, 2.24) is 4.57 Å². The smallest absolute Gasteiger partial charge is 0.201 e. The Bertz CT molecular complexity index is 2490. The van der Waals surface area contributed by atoms with Crippen molar-refractivity contribution >= 4 is 55.1 Å². The van der Waals surface area contributed by atoms with E-state index in [1.54, 1.807) is 0 Å². The Morgan fingerprint density at radius 3 is 2.30 bits per heavy atom. The van der Waals surface area contributed by atoms with Crippen LogP contribution in [-0.4, -0.2) is 10.3 Å². The molecule has 0 bridgehead atoms. The van der Waals surface area contributed by atoms with Crippen molar-refractivity contribution in [3.05, 3.63) is 150 Å². The molecule has 6 aromatic carbocycles. The molecule has 9 rings (SSSR count). The van der Waals surface area contributed by atoms with Gasteiger partial charge in [0, 0.05) is 38.4 Å². The van der Waals surface area contributed by atoms with Gasteiger partial charge in [0.05, 0.1) is 28.4 Å². The average molecular weight is 565 g/mol. The molecule has 1 atom stereocenters. The third-order valence-electron chi connectivity index (χ3n) is 8.66. The number of nitriles is 1. The summed E-state index contributed by atoms with van der Waals surface area (Å²) in [5.41, 5.74) is 10.6. The van der Waals surface area contributed by atoms with Gasteiger partial charge in [0.15, 0.2) is 5.58 Å². The summed E-state index contributed by atoms with van der Waals surface area (Å²) < 4.78 is 8.85. The number of aromatic nitrogens is 1. The minimum Gasteiger partial charge on any atom is -0.454 e. The number of benzene rings is 6. The summed E-state index contributed by atoms with van der Waals surface area (Å²) >= 11 is 0. The number of hydrogen-bond donors (Lipinski definition) is 1. The molecule has 5 nitrogen and oxygen atoms in total. The van der Waals surface area contributed by atoms with Gasteiger partial charge in [0.2, 0.25) is 6.29 Å². The Morgan fingerprint density at radius 1 is 0.659 bits per heavy atom. The fraction of sp³-hybridized carbons (Fsp3) is 0.0256. The first-order valence-corrected chi connectivity index (χ1v) is 14.6. The number of nitrogens with one attached hydrogen (secondary N) is 1. The molecule has 0 saturated heterocycles. The second-order valence-corrected chi connectivity index (χ2v) is 11.1. The van der Waals surface area contributed by atoms with E-state index >= 15 is 0 Å². The Labute approximate surface area is 252 Å². The average Bonchev–Trinajstić information content (AvgIpc) is 3.64. The van der Waals surface area contributed by atoms with Gasteiger partial charge in [-0.05, 0) is 47.5 Å². The van der Waals surface area contributed by atoms with Crippen molar-refractivity contribution in [3.63, 3.8) is 0 Å². The number of anilines is 1. The summed E-state index contributed by atoms with van der Waals surface area (Å²) in [6.45, 7) is 0. The predicted molar refractivity (Wildman–Crippen MR) is 178 cm³/mol. The summed E-state index contributed by atoms with van der Waals surface area (Å²) in [5, 5.41) is 17.6. The summed E-state index contributed by atoms with van der Waals surface area (Å²) in [6.07, 6.45) is -0.409. The number of hydrogen-bond acceptors (Lipinski definition) is 4. The highest BCUT2D eigenvalue weighted by molar-refractivity contribution is 6.21. The third-order valence-corrected chi connectivity index (χ3v) is 8.66. The van der Waals surface area contributed by atoms with Crippen LogP contribution in [0.2, 0.25) is 0 Å². The van der Waals surface area contributed by atoms with E-state index in [1.165, 1.54) is 0 Å². The van der Waals surface area contributed by atoms with Crippen LogP contribution in [-0.2, 0) is 0 Å². The molecule has 206 valence electrons. The second kappa shape index (κ2) is 9.45. The Morgan fingerprint density at radius 2 is 1.41 bits per heavy atom. The maximum atomic E-state index is 9.37. The van der Waals surface area contributed by atoms with E-state index in [1.807, 2.05) is 36.4 Å². The van der Waals surface area contributed by atoms with E-state index < -0.39 is 6.29 Å². The second-order valence-electron chi connectivity index (χ2n) is 11.1. The molecule has 44 heavy (non-hydrogen) atoms. The van der Waals surface area contributed by atoms with Gasteiger partial charge in [-0.1, -0.05) is 97.1 Å². The first kappa shape index (κ1) is 24.5. The molecule has 3 heterocycles. The number of furan rings is 1. The van der Waals surface area contributed by atoms with E-state index in [0.717, 1.165) is 77.4 Å². The van der Waals surface area contributed by atoms with Gasteiger partial charge in [0.25, 0.3) is 0 Å². The molecular formula is C39H24N4O. The normalized spacial score (nSPS) is 14.4. The van der Waals surface area contributed by atoms with Crippen molar-refractivity contribution in [2.24, 2.45) is 4.99 Å². The third kappa shape index (κ3) is 3.62. The van der Waals surface area contributed by atoms with Gasteiger partial charge >= 0.3 is 0 Å². The van der Waals surface area contributed by atoms with Crippen LogP contribution in [0.3, 0.4) is 0 Å². The summed E-state index contributed by atoms with van der Waals surface area (Å²) in [6, 6.07) is 47.8. The van der Waals surface area contributed by atoms with Crippen LogP contribution in [0.4, 0.5) is 5.69 Å². The summed E-state index contributed by atoms with van der Waals surface area (Å²) in [7, 11) is 0. The molecule has 5 heteroatoms. The maximum absolute atomic E-state index is 9.37. The van der Waals surface area contributed by atoms with Crippen LogP contribution in [0.1, 0.15) is 23.0 Å². The van der Waals surface area contributed by atoms with Crippen LogP contribution in [0.5, 0.6) is 0 Å². The van der Waals surface area contributed by atoms with E-state index in [4.69, 9.17) is 9.41 Å². The standard InChI is InChI=1S/C39H24N4O/c40-23-24-8-7-9-27(22-24)25-16-18-26(19-17-25)36-32-12-1-4-13-33(32)41-39(42-36)43-34-14-5-2-10-28(34)30-20-21-31-29-11-3-6-15-35(29)44-38(31)37(30)43/h1-22,39,41H. The van der Waals surface area contributed by atoms with Crippen molar-refractivity contribution in [1.29, 1.82) is 5.26 Å². The number of fused-ring (bicyclic) bond motifs is 8. The van der Waals surface area contributed by atoms with E-state index in [0.29, 0.717) is 5.56 Å². The number of aliphatic imine (C=N–C) groups is 1.